The van der Waals surface area contributed by atoms with Gasteiger partial charge in [0.1, 0.15) is 5.82 Å². The molecule has 152 valence electrons. The lowest BCUT2D eigenvalue weighted by atomic mass is 9.86. The lowest BCUT2D eigenvalue weighted by Crippen LogP contribution is -2.35. The van der Waals surface area contributed by atoms with E-state index in [9.17, 15) is 4.39 Å². The molecule has 0 saturated carbocycles. The third kappa shape index (κ3) is 3.43. The Kier molecular flexibility index (Phi) is 5.00. The molecular formula is C23H23FO4S. The van der Waals surface area contributed by atoms with Crippen LogP contribution in [0, 0.1) is 5.82 Å². The summed E-state index contributed by atoms with van der Waals surface area (Å²) in [6.45, 7) is 2.43. The van der Waals surface area contributed by atoms with Crippen LogP contribution in [0.15, 0.2) is 52.3 Å². The minimum absolute atomic E-state index is 0.249. The predicted molar refractivity (Wildman–Crippen MR) is 108 cm³/mol. The van der Waals surface area contributed by atoms with E-state index in [4.69, 9.17) is 18.9 Å². The van der Waals surface area contributed by atoms with Crippen molar-refractivity contribution >= 4 is 17.8 Å². The van der Waals surface area contributed by atoms with Gasteiger partial charge < -0.3 is 18.9 Å². The van der Waals surface area contributed by atoms with Crippen LogP contribution in [-0.4, -0.2) is 33.5 Å². The predicted octanol–water partition coefficient (Wildman–Crippen LogP) is 4.86. The lowest BCUT2D eigenvalue weighted by molar-refractivity contribution is -0.120. The minimum atomic E-state index is -0.724. The molecule has 0 bridgehead atoms. The van der Waals surface area contributed by atoms with Gasteiger partial charge in [-0.05, 0) is 47.5 Å². The van der Waals surface area contributed by atoms with Crippen molar-refractivity contribution in [3.05, 3.63) is 65.0 Å². The summed E-state index contributed by atoms with van der Waals surface area (Å²) in [7, 11) is 1.69. The summed E-state index contributed by atoms with van der Waals surface area (Å²) in [6, 6.07) is 11.4. The first-order valence-electron chi connectivity index (χ1n) is 9.86. The van der Waals surface area contributed by atoms with E-state index >= 15 is 0 Å². The Hall–Kier alpha value is -1.70. The van der Waals surface area contributed by atoms with E-state index in [0.717, 1.165) is 39.3 Å². The SMILES string of the molecule is COC1(c2cc(F)cc(Sc3ccc4c(c3)C=CC43OCCO3)c2)CCOCC1. The zero-order valence-electron chi connectivity index (χ0n) is 16.3. The quantitative estimate of drug-likeness (QED) is 0.715. The van der Waals surface area contributed by atoms with Crippen LogP contribution >= 0.6 is 11.8 Å². The maximum Gasteiger partial charge on any atom is 0.216 e. The third-order valence-electron chi connectivity index (χ3n) is 5.92. The molecule has 6 heteroatoms. The van der Waals surface area contributed by atoms with Crippen molar-refractivity contribution in [2.75, 3.05) is 33.5 Å². The van der Waals surface area contributed by atoms with Gasteiger partial charge in [0.2, 0.25) is 5.79 Å². The monoisotopic (exact) mass is 414 g/mol. The molecule has 2 aromatic rings. The molecule has 0 N–H and O–H groups in total. The van der Waals surface area contributed by atoms with Gasteiger partial charge in [-0.2, -0.15) is 0 Å². The van der Waals surface area contributed by atoms with Crippen LogP contribution in [0.2, 0.25) is 0 Å². The van der Waals surface area contributed by atoms with Crippen LogP contribution in [0.5, 0.6) is 0 Å². The molecule has 0 radical (unpaired) electrons. The number of halogens is 1. The molecule has 5 rings (SSSR count). The van der Waals surface area contributed by atoms with Crippen molar-refractivity contribution in [2.45, 2.75) is 34.0 Å². The highest BCUT2D eigenvalue weighted by atomic mass is 32.2. The molecule has 2 heterocycles. The van der Waals surface area contributed by atoms with Crippen LogP contribution in [0.1, 0.15) is 29.5 Å². The first-order chi connectivity index (χ1) is 14.1. The summed E-state index contributed by atoms with van der Waals surface area (Å²) in [5, 5.41) is 0. The normalized spacial score (nSPS) is 21.6. The van der Waals surface area contributed by atoms with Crippen LogP contribution in [0.25, 0.3) is 6.08 Å². The van der Waals surface area contributed by atoms with Gasteiger partial charge in [-0.25, -0.2) is 4.39 Å². The van der Waals surface area contributed by atoms with E-state index in [-0.39, 0.29) is 5.82 Å². The van der Waals surface area contributed by atoms with Crippen molar-refractivity contribution in [1.29, 1.82) is 0 Å². The number of ether oxygens (including phenoxy) is 4. The van der Waals surface area contributed by atoms with Gasteiger partial charge in [0.05, 0.1) is 18.8 Å². The van der Waals surface area contributed by atoms with E-state index in [2.05, 4.69) is 6.07 Å². The fourth-order valence-corrected chi connectivity index (χ4v) is 5.31. The Labute approximate surface area is 174 Å². The molecule has 0 amide bonds. The summed E-state index contributed by atoms with van der Waals surface area (Å²) in [5.74, 6) is -0.973. The second kappa shape index (κ2) is 7.52. The molecule has 4 nitrogen and oxygen atoms in total. The van der Waals surface area contributed by atoms with Crippen LogP contribution in [-0.2, 0) is 30.3 Å². The van der Waals surface area contributed by atoms with E-state index in [1.165, 1.54) is 0 Å². The zero-order chi connectivity index (χ0) is 19.9. The molecule has 2 aliphatic heterocycles. The van der Waals surface area contributed by atoms with Crippen molar-refractivity contribution in [3.8, 4) is 0 Å². The Bertz CT molecular complexity index is 946. The van der Waals surface area contributed by atoms with Crippen molar-refractivity contribution in [3.63, 3.8) is 0 Å². The second-order valence-electron chi connectivity index (χ2n) is 7.54. The average Bonchev–Trinajstić information content (AvgIpc) is 3.36. The fraction of sp³-hybridized carbons (Fsp3) is 0.391. The first kappa shape index (κ1) is 19.3. The van der Waals surface area contributed by atoms with Gasteiger partial charge >= 0.3 is 0 Å². The van der Waals surface area contributed by atoms with Gasteiger partial charge in [-0.15, -0.1) is 0 Å². The Balaban J connectivity index is 1.43. The lowest BCUT2D eigenvalue weighted by Gasteiger charge is -2.36. The Morgan fingerprint density at radius 2 is 1.76 bits per heavy atom. The maximum atomic E-state index is 14.5. The summed E-state index contributed by atoms with van der Waals surface area (Å²) < 4.78 is 37.4. The Morgan fingerprint density at radius 1 is 0.966 bits per heavy atom. The number of methoxy groups -OCH3 is 1. The highest BCUT2D eigenvalue weighted by Crippen LogP contribution is 2.43. The molecule has 2 fully saturated rings. The molecular weight excluding hydrogens is 391 g/mol. The molecule has 29 heavy (non-hydrogen) atoms. The molecule has 0 unspecified atom stereocenters. The molecule has 1 aliphatic carbocycles. The van der Waals surface area contributed by atoms with Gasteiger partial charge in [0.25, 0.3) is 0 Å². The summed E-state index contributed by atoms with van der Waals surface area (Å²) in [4.78, 5) is 1.89. The van der Waals surface area contributed by atoms with Crippen LogP contribution in [0.4, 0.5) is 4.39 Å². The molecule has 1 spiro atoms. The van der Waals surface area contributed by atoms with Gasteiger partial charge in [0.15, 0.2) is 0 Å². The highest BCUT2D eigenvalue weighted by molar-refractivity contribution is 7.99. The minimum Gasteiger partial charge on any atom is -0.381 e. The zero-order valence-corrected chi connectivity index (χ0v) is 17.1. The summed E-state index contributed by atoms with van der Waals surface area (Å²) in [5.41, 5.74) is 2.49. The number of benzene rings is 2. The van der Waals surface area contributed by atoms with E-state index in [0.29, 0.717) is 26.4 Å². The molecule has 3 aliphatic rings. The number of hydrogen-bond acceptors (Lipinski definition) is 5. The van der Waals surface area contributed by atoms with E-state index in [1.807, 2.05) is 30.4 Å². The summed E-state index contributed by atoms with van der Waals surface area (Å²) >= 11 is 1.54. The second-order valence-corrected chi connectivity index (χ2v) is 8.68. The summed E-state index contributed by atoms with van der Waals surface area (Å²) in [6.07, 6.45) is 5.45. The molecule has 0 aromatic heterocycles. The fourth-order valence-electron chi connectivity index (χ4n) is 4.36. The van der Waals surface area contributed by atoms with Crippen LogP contribution in [0.3, 0.4) is 0 Å². The topological polar surface area (TPSA) is 36.9 Å². The highest BCUT2D eigenvalue weighted by Gasteiger charge is 2.40. The van der Waals surface area contributed by atoms with Crippen molar-refractivity contribution < 1.29 is 23.3 Å². The number of fused-ring (bicyclic) bond motifs is 2. The Morgan fingerprint density at radius 3 is 2.52 bits per heavy atom. The van der Waals surface area contributed by atoms with Crippen LogP contribution < -0.4 is 0 Å². The molecule has 2 saturated heterocycles. The average molecular weight is 414 g/mol. The number of rotatable bonds is 4. The molecule has 2 aromatic carbocycles. The van der Waals surface area contributed by atoms with Gasteiger partial charge in [0, 0.05) is 48.5 Å². The third-order valence-corrected chi connectivity index (χ3v) is 6.88. The van der Waals surface area contributed by atoms with Gasteiger partial charge in [-0.3, -0.25) is 0 Å². The van der Waals surface area contributed by atoms with E-state index < -0.39 is 11.4 Å². The van der Waals surface area contributed by atoms with Crippen molar-refractivity contribution in [1.82, 2.24) is 0 Å². The standard InChI is InChI=1S/C23H23FO4S/c1-25-22(6-8-26-9-7-22)17-13-18(24)15-20(14-17)29-19-2-3-21-16(12-19)4-5-23(21)27-10-11-28-23/h2-5,12-15H,6-11H2,1H3. The maximum absolute atomic E-state index is 14.5. The molecule has 0 atom stereocenters. The van der Waals surface area contributed by atoms with E-state index in [1.54, 1.807) is 31.0 Å². The first-order valence-corrected chi connectivity index (χ1v) is 10.7. The van der Waals surface area contributed by atoms with Crippen molar-refractivity contribution in [2.24, 2.45) is 0 Å². The number of hydrogen-bond donors (Lipinski definition) is 0. The smallest absolute Gasteiger partial charge is 0.216 e. The van der Waals surface area contributed by atoms with Gasteiger partial charge in [-0.1, -0.05) is 23.9 Å². The largest absolute Gasteiger partial charge is 0.381 e.